The number of anilines is 6. The molecule has 0 aromatic heterocycles. The zero-order chi connectivity index (χ0) is 77.9. The van der Waals surface area contributed by atoms with Crippen LogP contribution in [0.4, 0.5) is 34.1 Å². The fraction of sp³-hybridized carbons (Fsp3) is 0.0351. The molecule has 0 atom stereocenters. The van der Waals surface area contributed by atoms with Crippen molar-refractivity contribution in [1.29, 1.82) is 0 Å². The highest BCUT2D eigenvalue weighted by atomic mass is 15.2. The maximum atomic E-state index is 2.48. The second kappa shape index (κ2) is 31.5. The van der Waals surface area contributed by atoms with Crippen LogP contribution < -0.4 is 9.80 Å². The molecule has 0 heterocycles. The first kappa shape index (κ1) is 71.6. The van der Waals surface area contributed by atoms with Crippen LogP contribution in [-0.2, 0) is 5.41 Å². The molecule has 19 aromatic carbocycles. The highest BCUT2D eigenvalue weighted by Crippen LogP contribution is 2.51. The van der Waals surface area contributed by atoms with Crippen LogP contribution in [0.15, 0.2) is 455 Å². The van der Waals surface area contributed by atoms with Crippen molar-refractivity contribution in [3.8, 4) is 134 Å². The number of hydrogen-bond acceptors (Lipinski definition) is 2. The van der Waals surface area contributed by atoms with E-state index in [9.17, 15) is 0 Å². The summed E-state index contributed by atoms with van der Waals surface area (Å²) in [5, 5.41) is 4.81. The molecule has 0 fully saturated rings. The molecule has 0 aliphatic rings. The van der Waals surface area contributed by atoms with E-state index in [2.05, 4.69) is 486 Å². The molecule has 19 aromatic rings. The number of nitrogens with zero attached hydrogens (tertiary/aromatic N) is 2. The number of benzene rings is 19. The van der Waals surface area contributed by atoms with Crippen LogP contribution in [0, 0.1) is 0 Å². The third kappa shape index (κ3) is 14.3. The van der Waals surface area contributed by atoms with Gasteiger partial charge < -0.3 is 9.80 Å². The Kier molecular flexibility index (Phi) is 19.4. The molecule has 2 nitrogen and oxygen atoms in total. The maximum absolute atomic E-state index is 2.48. The molecular weight excluding hydrogens is 1400 g/mol. The first-order valence-electron chi connectivity index (χ1n) is 40.2. The Labute approximate surface area is 681 Å². The highest BCUT2D eigenvalue weighted by molar-refractivity contribution is 6.11. The lowest BCUT2D eigenvalue weighted by Gasteiger charge is -2.31. The lowest BCUT2D eigenvalue weighted by molar-refractivity contribution is 0.590. The van der Waals surface area contributed by atoms with E-state index in [1.807, 2.05) is 0 Å². The molecule has 0 aliphatic carbocycles. The fourth-order valence-electron chi connectivity index (χ4n) is 16.9. The first-order valence-corrected chi connectivity index (χ1v) is 40.2. The maximum Gasteiger partial charge on any atom is 0.0540 e. The third-order valence-corrected chi connectivity index (χ3v) is 22.9. The minimum Gasteiger partial charge on any atom is -0.309 e. The van der Waals surface area contributed by atoms with Gasteiger partial charge in [-0.25, -0.2) is 0 Å². The van der Waals surface area contributed by atoms with Crippen molar-refractivity contribution in [2.24, 2.45) is 0 Å². The van der Waals surface area contributed by atoms with Gasteiger partial charge in [0.1, 0.15) is 0 Å². The van der Waals surface area contributed by atoms with Gasteiger partial charge in [0.2, 0.25) is 0 Å². The Balaban J connectivity index is 0.634. The minimum atomic E-state index is -0.0619. The molecule has 0 bridgehead atoms. The van der Waals surface area contributed by atoms with Gasteiger partial charge in [-0.3, -0.25) is 0 Å². The van der Waals surface area contributed by atoms with E-state index in [0.717, 1.165) is 106 Å². The lowest BCUT2D eigenvalue weighted by atomic mass is 9.84. The molecule has 0 radical (unpaired) electrons. The average molecular weight is 1480 g/mol. The second-order valence-corrected chi connectivity index (χ2v) is 31.1. The van der Waals surface area contributed by atoms with Gasteiger partial charge in [-0.2, -0.15) is 0 Å². The van der Waals surface area contributed by atoms with Gasteiger partial charge in [-0.1, -0.05) is 415 Å². The zero-order valence-electron chi connectivity index (χ0n) is 65.2. The number of rotatable bonds is 18. The summed E-state index contributed by atoms with van der Waals surface area (Å²) in [7, 11) is 0. The monoisotopic (exact) mass is 1480 g/mol. The summed E-state index contributed by atoms with van der Waals surface area (Å²) in [5.74, 6) is 0. The quantitative estimate of drug-likeness (QED) is 0.0845. The predicted octanol–water partition coefficient (Wildman–Crippen LogP) is 32.2. The van der Waals surface area contributed by atoms with E-state index < -0.39 is 0 Å². The van der Waals surface area contributed by atoms with Crippen LogP contribution in [0.25, 0.3) is 155 Å². The van der Waals surface area contributed by atoms with E-state index in [1.54, 1.807) is 0 Å². The fourth-order valence-corrected chi connectivity index (χ4v) is 16.9. The summed E-state index contributed by atoms with van der Waals surface area (Å²) < 4.78 is 0. The van der Waals surface area contributed by atoms with E-state index >= 15 is 0 Å². The molecule has 116 heavy (non-hydrogen) atoms. The molecule has 0 N–H and O–H groups in total. The van der Waals surface area contributed by atoms with Crippen molar-refractivity contribution in [2.45, 2.75) is 26.2 Å². The van der Waals surface area contributed by atoms with Crippen LogP contribution in [0.1, 0.15) is 26.3 Å². The topological polar surface area (TPSA) is 6.48 Å². The van der Waals surface area contributed by atoms with Crippen molar-refractivity contribution >= 4 is 55.7 Å². The van der Waals surface area contributed by atoms with Gasteiger partial charge in [0, 0.05) is 33.6 Å². The van der Waals surface area contributed by atoms with Crippen molar-refractivity contribution in [3.05, 3.63) is 461 Å². The summed E-state index contributed by atoms with van der Waals surface area (Å²) in [5.41, 5.74) is 35.7. The Hall–Kier alpha value is -14.7. The molecule has 0 saturated carbocycles. The van der Waals surface area contributed by atoms with E-state index in [1.165, 1.54) is 88.3 Å². The zero-order valence-corrected chi connectivity index (χ0v) is 65.2. The van der Waals surface area contributed by atoms with Crippen molar-refractivity contribution in [1.82, 2.24) is 0 Å². The Morgan fingerprint density at radius 3 is 0.802 bits per heavy atom. The Morgan fingerprint density at radius 2 is 0.405 bits per heavy atom. The van der Waals surface area contributed by atoms with Crippen LogP contribution >= 0.6 is 0 Å². The second-order valence-electron chi connectivity index (χ2n) is 31.1. The van der Waals surface area contributed by atoms with Gasteiger partial charge >= 0.3 is 0 Å². The van der Waals surface area contributed by atoms with Gasteiger partial charge in [0.05, 0.1) is 22.7 Å². The summed E-state index contributed by atoms with van der Waals surface area (Å²) in [4.78, 5) is 4.95. The average Bonchev–Trinajstić information content (AvgIpc) is 0.753. The Morgan fingerprint density at radius 1 is 0.155 bits per heavy atom. The molecular formula is C114H84N2. The number of fused-ring (bicyclic) bond motifs is 2. The van der Waals surface area contributed by atoms with Crippen LogP contribution in [0.2, 0.25) is 0 Å². The van der Waals surface area contributed by atoms with Gasteiger partial charge in [0.15, 0.2) is 0 Å². The first-order chi connectivity index (χ1) is 57.2. The van der Waals surface area contributed by atoms with Gasteiger partial charge in [-0.05, 0) is 204 Å². The summed E-state index contributed by atoms with van der Waals surface area (Å²) in [6.45, 7) is 6.90. The normalized spacial score (nSPS) is 11.4. The molecule has 0 spiro atoms. The van der Waals surface area contributed by atoms with E-state index in [4.69, 9.17) is 0 Å². The van der Waals surface area contributed by atoms with Crippen molar-refractivity contribution in [3.63, 3.8) is 0 Å². The standard InChI is InChI=1S/C114H84N2/c1-114(2,3)97-71-76-111(107(78-97)91-33-14-7-15-34-91)116(110-50-21-18-42-103(110)105-46-25-37-93-35-23-44-101(112(93)105)90-31-12-6-13-32-90)99-74-69-88(70-75-99)86-57-55-83(56-58-86)84-59-61-89(62-60-84)95-39-22-40-96(77-95)102-45-24-36-94-38-26-47-106(113(94)102)104-43-17-20-49-109(104)115(98-72-67-87(68-73-98)85-53-51-81(52-54-85)79-27-8-4-9-28-79)108-48-19-16-41-100(108)92-65-63-82(64-66-92)80-29-10-5-11-30-80/h4-78H,1-3H3. The van der Waals surface area contributed by atoms with Crippen LogP contribution in [0.3, 0.4) is 0 Å². The SMILES string of the molecule is CC(C)(C)c1ccc(N(c2ccc(-c3ccc(-c4ccc(-c5cccc(-c6cccc7cccc(-c8ccccc8N(c8ccc(-c9ccc(-c%10ccccc%10)cc9)cc8)c8ccccc8-c8ccc(-c9ccccc9)cc8)c67)c5)cc4)cc3)cc2)c2ccccc2-c2cccc3cccc(-c4ccccc4)c23)c(-c2ccccc2)c1. The number of para-hydroxylation sites is 3. The molecule has 0 unspecified atom stereocenters. The third-order valence-electron chi connectivity index (χ3n) is 22.9. The van der Waals surface area contributed by atoms with Crippen LogP contribution in [-0.4, -0.2) is 0 Å². The summed E-state index contributed by atoms with van der Waals surface area (Å²) in [6.07, 6.45) is 0. The number of hydrogen-bond donors (Lipinski definition) is 0. The molecule has 550 valence electrons. The summed E-state index contributed by atoms with van der Waals surface area (Å²) in [6, 6.07) is 167. The molecule has 0 aliphatic heterocycles. The lowest BCUT2D eigenvalue weighted by Crippen LogP contribution is -2.15. The highest BCUT2D eigenvalue weighted by Gasteiger charge is 2.27. The van der Waals surface area contributed by atoms with Crippen LogP contribution in [0.5, 0.6) is 0 Å². The van der Waals surface area contributed by atoms with E-state index in [-0.39, 0.29) is 5.41 Å². The largest absolute Gasteiger partial charge is 0.309 e. The van der Waals surface area contributed by atoms with Crippen molar-refractivity contribution < 1.29 is 0 Å². The van der Waals surface area contributed by atoms with Gasteiger partial charge in [-0.15, -0.1) is 0 Å². The predicted molar refractivity (Wildman–Crippen MR) is 495 cm³/mol. The molecule has 19 rings (SSSR count). The molecule has 0 amide bonds. The Bertz CT molecular complexity index is 6700. The van der Waals surface area contributed by atoms with Crippen molar-refractivity contribution in [2.75, 3.05) is 9.80 Å². The van der Waals surface area contributed by atoms with E-state index in [0.29, 0.717) is 0 Å². The smallest absolute Gasteiger partial charge is 0.0540 e. The minimum absolute atomic E-state index is 0.0619. The van der Waals surface area contributed by atoms with Gasteiger partial charge in [0.25, 0.3) is 0 Å². The molecule has 2 heteroatoms. The molecule has 0 saturated heterocycles. The summed E-state index contributed by atoms with van der Waals surface area (Å²) >= 11 is 0.